The highest BCUT2D eigenvalue weighted by Gasteiger charge is 2.35. The van der Waals surface area contributed by atoms with Crippen LogP contribution in [-0.2, 0) is 11.8 Å². The van der Waals surface area contributed by atoms with Gasteiger partial charge in [0.15, 0.2) is 5.82 Å². The fourth-order valence-corrected chi connectivity index (χ4v) is 2.70. The first-order valence-electron chi connectivity index (χ1n) is 5.92. The Balaban J connectivity index is 2.34. The van der Waals surface area contributed by atoms with Gasteiger partial charge in [-0.2, -0.15) is 0 Å². The third-order valence-corrected chi connectivity index (χ3v) is 3.68. The Hall–Kier alpha value is -0.990. The van der Waals surface area contributed by atoms with Crippen molar-refractivity contribution in [1.29, 1.82) is 0 Å². The fourth-order valence-electron chi connectivity index (χ4n) is 2.70. The van der Waals surface area contributed by atoms with E-state index in [0.717, 1.165) is 17.7 Å². The highest BCUT2D eigenvalue weighted by molar-refractivity contribution is 5.43. The molecule has 0 unspecified atom stereocenters. The minimum Gasteiger partial charge on any atom is -0.381 e. The summed E-state index contributed by atoms with van der Waals surface area (Å²) in [4.78, 5) is 0. The molecule has 1 heterocycles. The molecular formula is C12H20N2O. The number of rotatable bonds is 2. The SMILES string of the molecule is CCc1c(N)noc1C1(C)CCCCC1. The molecule has 0 amide bonds. The first kappa shape index (κ1) is 10.5. The van der Waals surface area contributed by atoms with Crippen molar-refractivity contribution in [3.05, 3.63) is 11.3 Å². The van der Waals surface area contributed by atoms with Gasteiger partial charge in [0, 0.05) is 11.0 Å². The van der Waals surface area contributed by atoms with Gasteiger partial charge in [-0.3, -0.25) is 0 Å². The van der Waals surface area contributed by atoms with Gasteiger partial charge < -0.3 is 10.3 Å². The number of hydrogen-bond donors (Lipinski definition) is 1. The van der Waals surface area contributed by atoms with Crippen molar-refractivity contribution in [2.24, 2.45) is 0 Å². The van der Waals surface area contributed by atoms with Crippen LogP contribution < -0.4 is 5.73 Å². The van der Waals surface area contributed by atoms with E-state index in [4.69, 9.17) is 10.3 Å². The molecule has 0 bridgehead atoms. The minimum atomic E-state index is 0.175. The van der Waals surface area contributed by atoms with Crippen LogP contribution in [0.3, 0.4) is 0 Å². The monoisotopic (exact) mass is 208 g/mol. The van der Waals surface area contributed by atoms with E-state index in [1.54, 1.807) is 0 Å². The van der Waals surface area contributed by atoms with Gasteiger partial charge in [0.1, 0.15) is 5.76 Å². The molecule has 1 aromatic heterocycles. The van der Waals surface area contributed by atoms with Crippen molar-refractivity contribution < 1.29 is 4.52 Å². The molecule has 0 aromatic carbocycles. The Morgan fingerprint density at radius 3 is 2.60 bits per heavy atom. The van der Waals surface area contributed by atoms with E-state index >= 15 is 0 Å². The Morgan fingerprint density at radius 2 is 2.00 bits per heavy atom. The summed E-state index contributed by atoms with van der Waals surface area (Å²) >= 11 is 0. The highest BCUT2D eigenvalue weighted by Crippen LogP contribution is 2.41. The van der Waals surface area contributed by atoms with Gasteiger partial charge >= 0.3 is 0 Å². The Kier molecular flexibility index (Phi) is 2.72. The Bertz CT molecular complexity index is 337. The third-order valence-electron chi connectivity index (χ3n) is 3.68. The molecule has 2 rings (SSSR count). The van der Waals surface area contributed by atoms with E-state index < -0.39 is 0 Å². The molecule has 1 aliphatic rings. The number of nitrogen functional groups attached to an aromatic ring is 1. The normalized spacial score (nSPS) is 20.4. The predicted molar refractivity (Wildman–Crippen MR) is 60.7 cm³/mol. The number of nitrogens with zero attached hydrogens (tertiary/aromatic N) is 1. The van der Waals surface area contributed by atoms with E-state index in [0.29, 0.717) is 5.82 Å². The summed E-state index contributed by atoms with van der Waals surface area (Å²) in [5, 5.41) is 3.91. The van der Waals surface area contributed by atoms with Crippen LogP contribution in [0, 0.1) is 0 Å². The van der Waals surface area contributed by atoms with E-state index in [-0.39, 0.29) is 5.41 Å². The molecule has 0 saturated heterocycles. The standard InChI is InChI=1S/C12H20N2O/c1-3-9-10(15-14-11(9)13)12(2)7-5-4-6-8-12/h3-8H2,1-2H3,(H2,13,14). The summed E-state index contributed by atoms with van der Waals surface area (Å²) < 4.78 is 5.45. The second-order valence-electron chi connectivity index (χ2n) is 4.85. The lowest BCUT2D eigenvalue weighted by Crippen LogP contribution is -2.25. The maximum atomic E-state index is 5.81. The molecule has 1 fully saturated rings. The van der Waals surface area contributed by atoms with Gasteiger partial charge in [-0.05, 0) is 19.3 Å². The van der Waals surface area contributed by atoms with Crippen LogP contribution in [0.5, 0.6) is 0 Å². The van der Waals surface area contributed by atoms with Crippen LogP contribution in [-0.4, -0.2) is 5.16 Å². The van der Waals surface area contributed by atoms with Gasteiger partial charge in [-0.15, -0.1) is 0 Å². The van der Waals surface area contributed by atoms with Crippen LogP contribution in [0.25, 0.3) is 0 Å². The molecule has 1 aliphatic carbocycles. The largest absolute Gasteiger partial charge is 0.381 e. The van der Waals surface area contributed by atoms with Gasteiger partial charge in [0.2, 0.25) is 0 Å². The molecular weight excluding hydrogens is 188 g/mol. The van der Waals surface area contributed by atoms with Crippen molar-refractivity contribution in [2.75, 3.05) is 5.73 Å². The number of nitrogens with two attached hydrogens (primary N) is 1. The average molecular weight is 208 g/mol. The average Bonchev–Trinajstić information content (AvgIpc) is 2.61. The van der Waals surface area contributed by atoms with Crippen LogP contribution in [0.4, 0.5) is 5.82 Å². The summed E-state index contributed by atoms with van der Waals surface area (Å²) in [5.41, 5.74) is 7.11. The maximum Gasteiger partial charge on any atom is 0.170 e. The fraction of sp³-hybridized carbons (Fsp3) is 0.750. The molecule has 0 atom stereocenters. The summed E-state index contributed by atoms with van der Waals surface area (Å²) in [6, 6.07) is 0. The lowest BCUT2D eigenvalue weighted by Gasteiger charge is -2.31. The van der Waals surface area contributed by atoms with E-state index in [1.165, 1.54) is 32.1 Å². The summed E-state index contributed by atoms with van der Waals surface area (Å²) in [6.45, 7) is 4.39. The molecule has 3 heteroatoms. The summed E-state index contributed by atoms with van der Waals surface area (Å²) in [5.74, 6) is 1.63. The minimum absolute atomic E-state index is 0.175. The van der Waals surface area contributed by atoms with Gasteiger partial charge in [-0.1, -0.05) is 38.3 Å². The zero-order chi connectivity index (χ0) is 10.9. The van der Waals surface area contributed by atoms with Crippen molar-refractivity contribution >= 4 is 5.82 Å². The lowest BCUT2D eigenvalue weighted by atomic mass is 9.72. The zero-order valence-electron chi connectivity index (χ0n) is 9.68. The highest BCUT2D eigenvalue weighted by atomic mass is 16.5. The first-order chi connectivity index (χ1) is 7.17. The number of aromatic nitrogens is 1. The van der Waals surface area contributed by atoms with E-state index in [2.05, 4.69) is 19.0 Å². The summed E-state index contributed by atoms with van der Waals surface area (Å²) in [7, 11) is 0. The zero-order valence-corrected chi connectivity index (χ0v) is 9.68. The smallest absolute Gasteiger partial charge is 0.170 e. The molecule has 1 saturated carbocycles. The second kappa shape index (κ2) is 3.87. The second-order valence-corrected chi connectivity index (χ2v) is 4.85. The summed E-state index contributed by atoms with van der Waals surface area (Å²) in [6.07, 6.45) is 7.25. The van der Waals surface area contributed by atoms with Crippen molar-refractivity contribution in [2.45, 2.75) is 57.8 Å². The molecule has 2 N–H and O–H groups in total. The maximum absolute atomic E-state index is 5.81. The molecule has 84 valence electrons. The van der Waals surface area contributed by atoms with E-state index in [9.17, 15) is 0 Å². The van der Waals surface area contributed by atoms with Gasteiger partial charge in [-0.25, -0.2) is 0 Å². The van der Waals surface area contributed by atoms with Gasteiger partial charge in [0.25, 0.3) is 0 Å². The molecule has 1 aromatic rings. The number of hydrogen-bond acceptors (Lipinski definition) is 3. The van der Waals surface area contributed by atoms with Gasteiger partial charge in [0.05, 0.1) is 0 Å². The van der Waals surface area contributed by atoms with Crippen LogP contribution in [0.1, 0.15) is 57.3 Å². The lowest BCUT2D eigenvalue weighted by molar-refractivity contribution is 0.239. The van der Waals surface area contributed by atoms with Crippen LogP contribution >= 0.6 is 0 Å². The Morgan fingerprint density at radius 1 is 1.33 bits per heavy atom. The van der Waals surface area contributed by atoms with Crippen molar-refractivity contribution in [3.63, 3.8) is 0 Å². The predicted octanol–water partition coefficient (Wildman–Crippen LogP) is 3.04. The molecule has 3 nitrogen and oxygen atoms in total. The Labute approximate surface area is 91.0 Å². The third kappa shape index (κ3) is 1.75. The van der Waals surface area contributed by atoms with Crippen LogP contribution in [0.15, 0.2) is 4.52 Å². The topological polar surface area (TPSA) is 52.0 Å². The molecule has 0 aliphatic heterocycles. The van der Waals surface area contributed by atoms with E-state index in [1.807, 2.05) is 0 Å². The first-order valence-corrected chi connectivity index (χ1v) is 5.92. The quantitative estimate of drug-likeness (QED) is 0.812. The molecule has 0 radical (unpaired) electrons. The number of anilines is 1. The molecule has 0 spiro atoms. The molecule has 15 heavy (non-hydrogen) atoms. The van der Waals surface area contributed by atoms with Crippen LogP contribution in [0.2, 0.25) is 0 Å². The van der Waals surface area contributed by atoms with Crippen molar-refractivity contribution in [3.8, 4) is 0 Å². The van der Waals surface area contributed by atoms with Crippen molar-refractivity contribution in [1.82, 2.24) is 5.16 Å².